The van der Waals surface area contributed by atoms with Crippen LogP contribution >= 0.6 is 11.6 Å². The van der Waals surface area contributed by atoms with Gasteiger partial charge >= 0.3 is 0 Å². The van der Waals surface area contributed by atoms with Crippen LogP contribution in [0.1, 0.15) is 37.9 Å². The average molecular weight is 295 g/mol. The van der Waals surface area contributed by atoms with Gasteiger partial charge in [0.2, 0.25) is 0 Å². The van der Waals surface area contributed by atoms with Crippen molar-refractivity contribution in [3.05, 3.63) is 29.8 Å². The van der Waals surface area contributed by atoms with Crippen LogP contribution in [0.5, 0.6) is 0 Å². The number of alkyl halides is 1. The van der Waals surface area contributed by atoms with E-state index in [1.807, 2.05) is 6.07 Å². The van der Waals surface area contributed by atoms with Crippen LogP contribution in [0.25, 0.3) is 11.0 Å². The van der Waals surface area contributed by atoms with Gasteiger partial charge in [-0.3, -0.25) is 0 Å². The number of aromatic nitrogens is 2. The summed E-state index contributed by atoms with van der Waals surface area (Å²) in [7, 11) is 0. The zero-order valence-corrected chi connectivity index (χ0v) is 12.4. The third-order valence-electron chi connectivity index (χ3n) is 4.34. The molecule has 1 saturated carbocycles. The van der Waals surface area contributed by atoms with Crippen molar-refractivity contribution >= 4 is 22.6 Å². The maximum atomic E-state index is 13.3. The van der Waals surface area contributed by atoms with Gasteiger partial charge in [0.1, 0.15) is 11.6 Å². The summed E-state index contributed by atoms with van der Waals surface area (Å²) < 4.78 is 15.6. The molecule has 0 atom stereocenters. The van der Waals surface area contributed by atoms with Gasteiger partial charge in [-0.05, 0) is 24.5 Å². The zero-order valence-electron chi connectivity index (χ0n) is 11.6. The molecule has 1 heterocycles. The Morgan fingerprint density at radius 1 is 1.30 bits per heavy atom. The Bertz CT molecular complexity index is 587. The number of aryl methyl sites for hydroxylation is 2. The number of hydrogen-bond acceptors (Lipinski definition) is 1. The molecule has 20 heavy (non-hydrogen) atoms. The van der Waals surface area contributed by atoms with Gasteiger partial charge in [0.15, 0.2) is 0 Å². The summed E-state index contributed by atoms with van der Waals surface area (Å²) in [6.45, 7) is 0.971. The molecule has 0 radical (unpaired) electrons. The van der Waals surface area contributed by atoms with Crippen LogP contribution < -0.4 is 0 Å². The van der Waals surface area contributed by atoms with Gasteiger partial charge in [-0.2, -0.15) is 0 Å². The lowest BCUT2D eigenvalue weighted by Crippen LogP contribution is -2.08. The van der Waals surface area contributed by atoms with Crippen molar-refractivity contribution in [2.45, 2.75) is 45.1 Å². The fraction of sp³-hybridized carbons (Fsp3) is 0.562. The average Bonchev–Trinajstić information content (AvgIpc) is 3.04. The van der Waals surface area contributed by atoms with E-state index in [0.717, 1.165) is 35.7 Å². The topological polar surface area (TPSA) is 17.8 Å². The van der Waals surface area contributed by atoms with Gasteiger partial charge < -0.3 is 4.57 Å². The molecular formula is C16H20ClFN2. The van der Waals surface area contributed by atoms with E-state index in [9.17, 15) is 4.39 Å². The van der Waals surface area contributed by atoms with Crippen molar-refractivity contribution in [1.82, 2.24) is 9.55 Å². The highest BCUT2D eigenvalue weighted by atomic mass is 35.5. The number of benzene rings is 1. The monoisotopic (exact) mass is 294 g/mol. The van der Waals surface area contributed by atoms with Gasteiger partial charge in [-0.25, -0.2) is 9.37 Å². The maximum Gasteiger partial charge on any atom is 0.125 e. The van der Waals surface area contributed by atoms with Crippen molar-refractivity contribution in [1.29, 1.82) is 0 Å². The van der Waals surface area contributed by atoms with E-state index in [1.165, 1.54) is 44.2 Å². The first kappa shape index (κ1) is 13.9. The van der Waals surface area contributed by atoms with E-state index in [0.29, 0.717) is 5.88 Å². The second-order valence-corrected chi connectivity index (χ2v) is 6.07. The molecule has 1 aromatic heterocycles. The normalized spacial score (nSPS) is 16.3. The van der Waals surface area contributed by atoms with Gasteiger partial charge in [0, 0.05) is 24.9 Å². The first-order valence-corrected chi connectivity index (χ1v) is 8.02. The summed E-state index contributed by atoms with van der Waals surface area (Å²) in [5.41, 5.74) is 1.78. The molecular weight excluding hydrogens is 275 g/mol. The van der Waals surface area contributed by atoms with Crippen LogP contribution in [0, 0.1) is 11.7 Å². The summed E-state index contributed by atoms with van der Waals surface area (Å²) in [6.07, 6.45) is 7.38. The highest BCUT2D eigenvalue weighted by molar-refractivity contribution is 6.17. The number of fused-ring (bicyclic) bond motifs is 1. The van der Waals surface area contributed by atoms with E-state index in [4.69, 9.17) is 11.6 Å². The Morgan fingerprint density at radius 3 is 2.85 bits per heavy atom. The molecule has 1 aliphatic rings. The summed E-state index contributed by atoms with van der Waals surface area (Å²) in [5.74, 6) is 2.15. The largest absolute Gasteiger partial charge is 0.328 e. The van der Waals surface area contributed by atoms with Gasteiger partial charge in [-0.15, -0.1) is 11.6 Å². The molecule has 2 aromatic rings. The number of nitrogens with zero attached hydrogens (tertiary/aromatic N) is 2. The smallest absolute Gasteiger partial charge is 0.125 e. The highest BCUT2D eigenvalue weighted by Gasteiger charge is 2.17. The third-order valence-corrected chi connectivity index (χ3v) is 4.53. The van der Waals surface area contributed by atoms with E-state index in [2.05, 4.69) is 9.55 Å². The molecule has 2 nitrogen and oxygen atoms in total. The number of imidazole rings is 1. The molecule has 0 saturated heterocycles. The Balaban J connectivity index is 1.87. The Kier molecular flexibility index (Phi) is 4.25. The van der Waals surface area contributed by atoms with Crippen molar-refractivity contribution < 1.29 is 4.39 Å². The molecule has 0 spiro atoms. The van der Waals surface area contributed by atoms with Crippen LogP contribution in [0.4, 0.5) is 4.39 Å². The standard InChI is InChI=1S/C16H20ClFN2/c17-9-7-16-19-14-11-13(18)5-6-15(14)20(16)10-8-12-3-1-2-4-12/h5-6,11-12H,1-4,7-10H2. The van der Waals surface area contributed by atoms with Crippen LogP contribution in [-0.2, 0) is 13.0 Å². The fourth-order valence-electron chi connectivity index (χ4n) is 3.29. The van der Waals surface area contributed by atoms with Crippen LogP contribution in [-0.4, -0.2) is 15.4 Å². The number of rotatable bonds is 5. The predicted octanol–water partition coefficient (Wildman–Crippen LogP) is 4.54. The van der Waals surface area contributed by atoms with E-state index >= 15 is 0 Å². The lowest BCUT2D eigenvalue weighted by Gasteiger charge is -2.12. The summed E-state index contributed by atoms with van der Waals surface area (Å²) in [5, 5.41) is 0. The van der Waals surface area contributed by atoms with Gasteiger partial charge in [0.25, 0.3) is 0 Å². The summed E-state index contributed by atoms with van der Waals surface area (Å²) >= 11 is 5.87. The molecule has 0 bridgehead atoms. The SMILES string of the molecule is Fc1ccc2c(c1)nc(CCCl)n2CCC1CCCC1. The molecule has 0 aliphatic heterocycles. The maximum absolute atomic E-state index is 13.3. The summed E-state index contributed by atoms with van der Waals surface area (Å²) in [6, 6.07) is 4.86. The first-order chi connectivity index (χ1) is 9.78. The fourth-order valence-corrected chi connectivity index (χ4v) is 3.46. The minimum atomic E-state index is -0.227. The minimum Gasteiger partial charge on any atom is -0.328 e. The van der Waals surface area contributed by atoms with Crippen molar-refractivity contribution in [3.8, 4) is 0 Å². The Morgan fingerprint density at radius 2 is 2.10 bits per heavy atom. The molecule has 108 valence electrons. The van der Waals surface area contributed by atoms with Crippen LogP contribution in [0.3, 0.4) is 0 Å². The molecule has 1 aromatic carbocycles. The molecule has 0 amide bonds. The van der Waals surface area contributed by atoms with Crippen molar-refractivity contribution in [2.75, 3.05) is 5.88 Å². The van der Waals surface area contributed by atoms with Gasteiger partial charge in [0.05, 0.1) is 11.0 Å². The van der Waals surface area contributed by atoms with Crippen LogP contribution in [0.15, 0.2) is 18.2 Å². The Hall–Kier alpha value is -1.09. The van der Waals surface area contributed by atoms with E-state index < -0.39 is 0 Å². The number of halogens is 2. The van der Waals surface area contributed by atoms with E-state index in [-0.39, 0.29) is 5.82 Å². The van der Waals surface area contributed by atoms with E-state index in [1.54, 1.807) is 0 Å². The molecule has 0 unspecified atom stereocenters. The first-order valence-electron chi connectivity index (χ1n) is 7.48. The minimum absolute atomic E-state index is 0.227. The predicted molar refractivity (Wildman–Crippen MR) is 80.7 cm³/mol. The molecule has 4 heteroatoms. The number of hydrogen-bond donors (Lipinski definition) is 0. The third kappa shape index (κ3) is 2.83. The highest BCUT2D eigenvalue weighted by Crippen LogP contribution is 2.29. The lowest BCUT2D eigenvalue weighted by molar-refractivity contribution is 0.457. The molecule has 3 rings (SSSR count). The zero-order chi connectivity index (χ0) is 13.9. The quantitative estimate of drug-likeness (QED) is 0.741. The molecule has 1 aliphatic carbocycles. The van der Waals surface area contributed by atoms with Gasteiger partial charge in [-0.1, -0.05) is 25.7 Å². The van der Waals surface area contributed by atoms with Crippen molar-refractivity contribution in [3.63, 3.8) is 0 Å². The Labute approximate surface area is 123 Å². The van der Waals surface area contributed by atoms with Crippen LogP contribution in [0.2, 0.25) is 0 Å². The van der Waals surface area contributed by atoms with Crippen molar-refractivity contribution in [2.24, 2.45) is 5.92 Å². The molecule has 0 N–H and O–H groups in total. The second kappa shape index (κ2) is 6.13. The summed E-state index contributed by atoms with van der Waals surface area (Å²) in [4.78, 5) is 4.55. The lowest BCUT2D eigenvalue weighted by atomic mass is 10.0. The molecule has 1 fully saturated rings. The second-order valence-electron chi connectivity index (χ2n) is 5.69.